The van der Waals surface area contributed by atoms with Crippen LogP contribution < -0.4 is 14.8 Å². The van der Waals surface area contributed by atoms with Crippen molar-refractivity contribution in [2.75, 3.05) is 14.2 Å². The van der Waals surface area contributed by atoms with Gasteiger partial charge in [-0.1, -0.05) is 30.3 Å². The molecule has 2 aromatic carbocycles. The van der Waals surface area contributed by atoms with Gasteiger partial charge in [0.1, 0.15) is 11.5 Å². The minimum absolute atomic E-state index is 0.245. The molecule has 0 radical (unpaired) electrons. The van der Waals surface area contributed by atoms with Gasteiger partial charge in [-0.15, -0.1) is 0 Å². The van der Waals surface area contributed by atoms with Crippen molar-refractivity contribution in [1.82, 2.24) is 5.32 Å². The van der Waals surface area contributed by atoms with Gasteiger partial charge in [0.15, 0.2) is 0 Å². The molecular formula is C17H21NO2. The van der Waals surface area contributed by atoms with Crippen molar-refractivity contribution in [3.8, 4) is 11.5 Å². The number of rotatable bonds is 6. The standard InChI is InChI=1S/C17H21NO2/c1-13(14-8-6-9-16(11-14)19-2)18-12-15-7-4-5-10-17(15)20-3/h4-11,13,18H,12H2,1-3H3/t13-/m1/s1. The summed E-state index contributed by atoms with van der Waals surface area (Å²) in [4.78, 5) is 0. The second-order valence-electron chi connectivity index (χ2n) is 4.69. The first-order chi connectivity index (χ1) is 9.74. The molecule has 3 heteroatoms. The van der Waals surface area contributed by atoms with E-state index in [1.807, 2.05) is 30.3 Å². The maximum Gasteiger partial charge on any atom is 0.123 e. The van der Waals surface area contributed by atoms with E-state index in [1.165, 1.54) is 5.56 Å². The van der Waals surface area contributed by atoms with Gasteiger partial charge in [0.2, 0.25) is 0 Å². The van der Waals surface area contributed by atoms with E-state index in [0.717, 1.165) is 23.6 Å². The van der Waals surface area contributed by atoms with Crippen LogP contribution in [0.5, 0.6) is 11.5 Å². The Hall–Kier alpha value is -2.00. The van der Waals surface area contributed by atoms with Crippen LogP contribution in [-0.4, -0.2) is 14.2 Å². The van der Waals surface area contributed by atoms with Crippen molar-refractivity contribution < 1.29 is 9.47 Å². The molecule has 0 bridgehead atoms. The average molecular weight is 271 g/mol. The SMILES string of the molecule is COc1cccc([C@@H](C)NCc2ccccc2OC)c1. The number of ether oxygens (including phenoxy) is 2. The fourth-order valence-electron chi connectivity index (χ4n) is 2.14. The van der Waals surface area contributed by atoms with Crippen LogP contribution in [0.15, 0.2) is 48.5 Å². The lowest BCUT2D eigenvalue weighted by molar-refractivity contribution is 0.405. The monoisotopic (exact) mass is 271 g/mol. The van der Waals surface area contributed by atoms with Gasteiger partial charge in [0.05, 0.1) is 14.2 Å². The molecule has 0 aliphatic rings. The van der Waals surface area contributed by atoms with Crippen LogP contribution in [-0.2, 0) is 6.54 Å². The second kappa shape index (κ2) is 6.96. The van der Waals surface area contributed by atoms with Crippen LogP contribution in [0.25, 0.3) is 0 Å². The summed E-state index contributed by atoms with van der Waals surface area (Å²) >= 11 is 0. The molecule has 0 spiro atoms. The Morgan fingerprint density at radius 3 is 2.55 bits per heavy atom. The molecule has 0 aliphatic carbocycles. The fourth-order valence-corrected chi connectivity index (χ4v) is 2.14. The molecule has 0 saturated carbocycles. The van der Waals surface area contributed by atoms with Gasteiger partial charge in [-0.25, -0.2) is 0 Å². The minimum Gasteiger partial charge on any atom is -0.497 e. The molecule has 2 rings (SSSR count). The number of methoxy groups -OCH3 is 2. The van der Waals surface area contributed by atoms with E-state index in [4.69, 9.17) is 9.47 Å². The normalized spacial score (nSPS) is 11.9. The highest BCUT2D eigenvalue weighted by Crippen LogP contribution is 2.21. The average Bonchev–Trinajstić information content (AvgIpc) is 2.52. The van der Waals surface area contributed by atoms with Crippen LogP contribution in [0, 0.1) is 0 Å². The van der Waals surface area contributed by atoms with Crippen LogP contribution in [0.4, 0.5) is 0 Å². The maximum atomic E-state index is 5.36. The molecule has 1 atom stereocenters. The summed E-state index contributed by atoms with van der Waals surface area (Å²) in [5.74, 6) is 1.80. The van der Waals surface area contributed by atoms with E-state index in [-0.39, 0.29) is 6.04 Å². The Balaban J connectivity index is 2.02. The molecule has 0 heterocycles. The summed E-state index contributed by atoms with van der Waals surface area (Å²) in [5, 5.41) is 3.51. The first-order valence-corrected chi connectivity index (χ1v) is 6.74. The third kappa shape index (κ3) is 3.52. The highest BCUT2D eigenvalue weighted by Gasteiger charge is 2.07. The first-order valence-electron chi connectivity index (χ1n) is 6.74. The highest BCUT2D eigenvalue weighted by atomic mass is 16.5. The zero-order valence-electron chi connectivity index (χ0n) is 12.2. The Bertz CT molecular complexity index is 554. The minimum atomic E-state index is 0.245. The van der Waals surface area contributed by atoms with E-state index in [0.29, 0.717) is 0 Å². The summed E-state index contributed by atoms with van der Waals surface area (Å²) in [6.45, 7) is 2.91. The molecule has 0 aromatic heterocycles. The quantitative estimate of drug-likeness (QED) is 0.871. The molecule has 0 unspecified atom stereocenters. The molecule has 3 nitrogen and oxygen atoms in total. The fraction of sp³-hybridized carbons (Fsp3) is 0.294. The van der Waals surface area contributed by atoms with Crippen molar-refractivity contribution in [3.63, 3.8) is 0 Å². The van der Waals surface area contributed by atoms with E-state index >= 15 is 0 Å². The smallest absolute Gasteiger partial charge is 0.123 e. The molecule has 1 N–H and O–H groups in total. The molecular weight excluding hydrogens is 250 g/mol. The van der Waals surface area contributed by atoms with Crippen molar-refractivity contribution in [1.29, 1.82) is 0 Å². The summed E-state index contributed by atoms with van der Waals surface area (Å²) < 4.78 is 10.6. The Morgan fingerprint density at radius 1 is 1.00 bits per heavy atom. The lowest BCUT2D eigenvalue weighted by Gasteiger charge is -2.16. The number of hydrogen-bond acceptors (Lipinski definition) is 3. The molecule has 20 heavy (non-hydrogen) atoms. The van der Waals surface area contributed by atoms with Gasteiger partial charge in [-0.05, 0) is 30.7 Å². The molecule has 0 saturated heterocycles. The third-order valence-corrected chi connectivity index (χ3v) is 3.39. The van der Waals surface area contributed by atoms with Gasteiger partial charge in [-0.2, -0.15) is 0 Å². The molecule has 0 fully saturated rings. The van der Waals surface area contributed by atoms with Gasteiger partial charge in [0.25, 0.3) is 0 Å². The predicted octanol–water partition coefficient (Wildman–Crippen LogP) is 3.55. The Labute approximate surface area is 120 Å². The van der Waals surface area contributed by atoms with Crippen LogP contribution in [0.2, 0.25) is 0 Å². The highest BCUT2D eigenvalue weighted by molar-refractivity contribution is 5.34. The van der Waals surface area contributed by atoms with E-state index in [9.17, 15) is 0 Å². The Kier molecular flexibility index (Phi) is 5.02. The number of benzene rings is 2. The van der Waals surface area contributed by atoms with Crippen molar-refractivity contribution in [3.05, 3.63) is 59.7 Å². The lowest BCUT2D eigenvalue weighted by Crippen LogP contribution is -2.18. The van der Waals surface area contributed by atoms with Crippen LogP contribution in [0.3, 0.4) is 0 Å². The van der Waals surface area contributed by atoms with Crippen molar-refractivity contribution in [2.45, 2.75) is 19.5 Å². The first kappa shape index (κ1) is 14.4. The van der Waals surface area contributed by atoms with Crippen molar-refractivity contribution >= 4 is 0 Å². The summed E-state index contributed by atoms with van der Waals surface area (Å²) in [6, 6.07) is 16.4. The zero-order valence-corrected chi connectivity index (χ0v) is 12.2. The molecule has 2 aromatic rings. The summed E-state index contributed by atoms with van der Waals surface area (Å²) in [6.07, 6.45) is 0. The van der Waals surface area contributed by atoms with Crippen LogP contribution in [0.1, 0.15) is 24.1 Å². The third-order valence-electron chi connectivity index (χ3n) is 3.39. The van der Waals surface area contributed by atoms with Crippen LogP contribution >= 0.6 is 0 Å². The number of para-hydroxylation sites is 1. The maximum absolute atomic E-state index is 5.36. The zero-order chi connectivity index (χ0) is 14.4. The topological polar surface area (TPSA) is 30.5 Å². The summed E-state index contributed by atoms with van der Waals surface area (Å²) in [7, 11) is 3.39. The number of hydrogen-bond donors (Lipinski definition) is 1. The summed E-state index contributed by atoms with van der Waals surface area (Å²) in [5.41, 5.74) is 2.36. The predicted molar refractivity (Wildman–Crippen MR) is 81.2 cm³/mol. The van der Waals surface area contributed by atoms with Gasteiger partial charge in [0, 0.05) is 18.2 Å². The van der Waals surface area contributed by atoms with Gasteiger partial charge >= 0.3 is 0 Å². The molecule has 0 amide bonds. The number of nitrogens with one attached hydrogen (secondary N) is 1. The van der Waals surface area contributed by atoms with E-state index < -0.39 is 0 Å². The van der Waals surface area contributed by atoms with Gasteiger partial charge < -0.3 is 14.8 Å². The van der Waals surface area contributed by atoms with E-state index in [2.05, 4.69) is 30.4 Å². The second-order valence-corrected chi connectivity index (χ2v) is 4.69. The van der Waals surface area contributed by atoms with E-state index in [1.54, 1.807) is 14.2 Å². The van der Waals surface area contributed by atoms with Crippen molar-refractivity contribution in [2.24, 2.45) is 0 Å². The Morgan fingerprint density at radius 2 is 1.80 bits per heavy atom. The largest absolute Gasteiger partial charge is 0.497 e. The molecule has 0 aliphatic heterocycles. The van der Waals surface area contributed by atoms with Gasteiger partial charge in [-0.3, -0.25) is 0 Å². The lowest BCUT2D eigenvalue weighted by atomic mass is 10.1. The molecule has 106 valence electrons.